The van der Waals surface area contributed by atoms with Crippen LogP contribution in [0.2, 0.25) is 10.0 Å². The molecule has 2 nitrogen and oxygen atoms in total. The van der Waals surface area contributed by atoms with Crippen LogP contribution in [0.5, 0.6) is 0 Å². The van der Waals surface area contributed by atoms with Crippen LogP contribution < -0.4 is 5.32 Å². The number of anilines is 1. The molecule has 98 valence electrons. The number of para-hydroxylation sites is 1. The van der Waals surface area contributed by atoms with Gasteiger partial charge in [0.25, 0.3) is 0 Å². The van der Waals surface area contributed by atoms with E-state index in [9.17, 15) is 4.79 Å². The molecule has 2 rings (SSSR count). The SMILES string of the molecule is O=C(Cc1ccccc1Br)Nc1c(Cl)cccc1Cl. The highest BCUT2D eigenvalue weighted by Crippen LogP contribution is 2.30. The van der Waals surface area contributed by atoms with E-state index in [0.717, 1.165) is 10.0 Å². The first-order chi connectivity index (χ1) is 9.08. The monoisotopic (exact) mass is 357 g/mol. The standard InChI is InChI=1S/C14H10BrCl2NO/c15-10-5-2-1-4-9(10)8-13(19)18-14-11(16)6-3-7-12(14)17/h1-7H,8H2,(H,18,19). The maximum Gasteiger partial charge on any atom is 0.228 e. The van der Waals surface area contributed by atoms with Gasteiger partial charge in [-0.15, -0.1) is 0 Å². The number of rotatable bonds is 3. The first-order valence-corrected chi connectivity index (χ1v) is 7.10. The van der Waals surface area contributed by atoms with Crippen molar-refractivity contribution in [3.8, 4) is 0 Å². The van der Waals surface area contributed by atoms with Crippen molar-refractivity contribution < 1.29 is 4.79 Å². The highest BCUT2D eigenvalue weighted by molar-refractivity contribution is 9.10. The molecule has 0 radical (unpaired) electrons. The normalized spacial score (nSPS) is 10.3. The fourth-order valence-electron chi connectivity index (χ4n) is 1.62. The lowest BCUT2D eigenvalue weighted by molar-refractivity contribution is -0.115. The van der Waals surface area contributed by atoms with Crippen molar-refractivity contribution in [2.24, 2.45) is 0 Å². The van der Waals surface area contributed by atoms with Gasteiger partial charge in [-0.1, -0.05) is 63.4 Å². The van der Waals surface area contributed by atoms with E-state index in [1.165, 1.54) is 0 Å². The van der Waals surface area contributed by atoms with E-state index in [-0.39, 0.29) is 12.3 Å². The molecule has 2 aromatic rings. The van der Waals surface area contributed by atoms with Crippen molar-refractivity contribution in [2.75, 3.05) is 5.32 Å². The van der Waals surface area contributed by atoms with Crippen molar-refractivity contribution >= 4 is 50.7 Å². The van der Waals surface area contributed by atoms with Gasteiger partial charge in [-0.05, 0) is 23.8 Å². The average Bonchev–Trinajstić information content (AvgIpc) is 2.37. The van der Waals surface area contributed by atoms with Crippen LogP contribution in [0, 0.1) is 0 Å². The molecule has 1 N–H and O–H groups in total. The fraction of sp³-hybridized carbons (Fsp3) is 0.0714. The molecule has 5 heteroatoms. The summed E-state index contributed by atoms with van der Waals surface area (Å²) in [5.74, 6) is -0.165. The first-order valence-electron chi connectivity index (χ1n) is 5.55. The minimum absolute atomic E-state index is 0.165. The Morgan fingerprint density at radius 2 is 1.68 bits per heavy atom. The summed E-state index contributed by atoms with van der Waals surface area (Å²) in [5.41, 5.74) is 1.35. The number of hydrogen-bond donors (Lipinski definition) is 1. The number of amides is 1. The minimum atomic E-state index is -0.165. The van der Waals surface area contributed by atoms with Crippen molar-refractivity contribution in [2.45, 2.75) is 6.42 Å². The van der Waals surface area contributed by atoms with Gasteiger partial charge in [0.05, 0.1) is 22.2 Å². The van der Waals surface area contributed by atoms with Gasteiger partial charge in [0.2, 0.25) is 5.91 Å². The fourth-order valence-corrected chi connectivity index (χ4v) is 2.53. The van der Waals surface area contributed by atoms with E-state index < -0.39 is 0 Å². The number of nitrogens with one attached hydrogen (secondary N) is 1. The van der Waals surface area contributed by atoms with Gasteiger partial charge in [0, 0.05) is 4.47 Å². The Morgan fingerprint density at radius 1 is 1.05 bits per heavy atom. The highest BCUT2D eigenvalue weighted by atomic mass is 79.9. The Labute approximate surface area is 129 Å². The van der Waals surface area contributed by atoms with E-state index in [4.69, 9.17) is 23.2 Å². The highest BCUT2D eigenvalue weighted by Gasteiger charge is 2.11. The lowest BCUT2D eigenvalue weighted by atomic mass is 10.1. The first kappa shape index (κ1) is 14.4. The van der Waals surface area contributed by atoms with Gasteiger partial charge in [-0.3, -0.25) is 4.79 Å². The molecule has 0 aliphatic rings. The topological polar surface area (TPSA) is 29.1 Å². The molecule has 0 saturated carbocycles. The van der Waals surface area contributed by atoms with E-state index in [0.29, 0.717) is 15.7 Å². The molecule has 0 aliphatic carbocycles. The molecule has 0 fully saturated rings. The molecule has 2 aromatic carbocycles. The summed E-state index contributed by atoms with van der Waals surface area (Å²) in [6.07, 6.45) is 0.253. The third kappa shape index (κ3) is 3.72. The summed E-state index contributed by atoms with van der Waals surface area (Å²) < 4.78 is 0.899. The minimum Gasteiger partial charge on any atom is -0.323 e. The number of hydrogen-bond acceptors (Lipinski definition) is 1. The molecule has 0 aromatic heterocycles. The molecule has 0 spiro atoms. The molecule has 0 atom stereocenters. The van der Waals surface area contributed by atoms with Crippen molar-refractivity contribution in [1.82, 2.24) is 0 Å². The maximum atomic E-state index is 12.0. The number of carbonyl (C=O) groups excluding carboxylic acids is 1. The molecule has 0 aliphatic heterocycles. The zero-order valence-electron chi connectivity index (χ0n) is 9.79. The van der Waals surface area contributed by atoms with Gasteiger partial charge in [-0.2, -0.15) is 0 Å². The maximum absolute atomic E-state index is 12.0. The summed E-state index contributed by atoms with van der Waals surface area (Å²) in [4.78, 5) is 12.0. The summed E-state index contributed by atoms with van der Waals surface area (Å²) in [6, 6.07) is 12.7. The third-order valence-electron chi connectivity index (χ3n) is 2.54. The third-order valence-corrected chi connectivity index (χ3v) is 3.94. The number of benzene rings is 2. The second-order valence-electron chi connectivity index (χ2n) is 3.91. The predicted octanol–water partition coefficient (Wildman–Crippen LogP) is 4.94. The zero-order chi connectivity index (χ0) is 13.8. The predicted molar refractivity (Wildman–Crippen MR) is 82.9 cm³/mol. The van der Waals surface area contributed by atoms with E-state index in [1.54, 1.807) is 18.2 Å². The van der Waals surface area contributed by atoms with Crippen LogP contribution in [0.4, 0.5) is 5.69 Å². The Kier molecular flexibility index (Phi) is 4.86. The smallest absolute Gasteiger partial charge is 0.228 e. The van der Waals surface area contributed by atoms with Crippen LogP contribution >= 0.6 is 39.1 Å². The molecule has 19 heavy (non-hydrogen) atoms. The Morgan fingerprint density at radius 3 is 2.32 bits per heavy atom. The van der Waals surface area contributed by atoms with Crippen molar-refractivity contribution in [3.63, 3.8) is 0 Å². The zero-order valence-corrected chi connectivity index (χ0v) is 12.9. The Hall–Kier alpha value is -1.03. The Bertz CT molecular complexity index is 596. The largest absolute Gasteiger partial charge is 0.323 e. The van der Waals surface area contributed by atoms with Crippen LogP contribution in [0.25, 0.3) is 0 Å². The van der Waals surface area contributed by atoms with Gasteiger partial charge < -0.3 is 5.32 Å². The lowest BCUT2D eigenvalue weighted by Crippen LogP contribution is -2.15. The van der Waals surface area contributed by atoms with E-state index in [1.807, 2.05) is 24.3 Å². The molecule has 0 unspecified atom stereocenters. The van der Waals surface area contributed by atoms with Crippen molar-refractivity contribution in [1.29, 1.82) is 0 Å². The average molecular weight is 359 g/mol. The van der Waals surface area contributed by atoms with Crippen LogP contribution in [-0.4, -0.2) is 5.91 Å². The molecule has 0 heterocycles. The van der Waals surface area contributed by atoms with Crippen LogP contribution in [0.3, 0.4) is 0 Å². The van der Waals surface area contributed by atoms with Crippen LogP contribution in [0.15, 0.2) is 46.9 Å². The number of carbonyl (C=O) groups is 1. The Balaban J connectivity index is 2.12. The van der Waals surface area contributed by atoms with Gasteiger partial charge >= 0.3 is 0 Å². The van der Waals surface area contributed by atoms with Crippen LogP contribution in [0.1, 0.15) is 5.56 Å². The van der Waals surface area contributed by atoms with E-state index in [2.05, 4.69) is 21.2 Å². The van der Waals surface area contributed by atoms with Gasteiger partial charge in [0.15, 0.2) is 0 Å². The van der Waals surface area contributed by atoms with E-state index >= 15 is 0 Å². The lowest BCUT2D eigenvalue weighted by Gasteiger charge is -2.09. The number of halogens is 3. The molecular weight excluding hydrogens is 349 g/mol. The summed E-state index contributed by atoms with van der Waals surface area (Å²) in [6.45, 7) is 0. The molecule has 0 bridgehead atoms. The molecule has 0 saturated heterocycles. The molecule has 1 amide bonds. The summed E-state index contributed by atoms with van der Waals surface area (Å²) in [7, 11) is 0. The van der Waals surface area contributed by atoms with Crippen LogP contribution in [-0.2, 0) is 11.2 Å². The quantitative estimate of drug-likeness (QED) is 0.827. The summed E-state index contributed by atoms with van der Waals surface area (Å²) >= 11 is 15.4. The van der Waals surface area contributed by atoms with Gasteiger partial charge in [0.1, 0.15) is 0 Å². The van der Waals surface area contributed by atoms with Gasteiger partial charge in [-0.25, -0.2) is 0 Å². The summed E-state index contributed by atoms with van der Waals surface area (Å²) in [5, 5.41) is 3.58. The second kappa shape index (κ2) is 6.42. The molecular formula is C14H10BrCl2NO. The van der Waals surface area contributed by atoms with Crippen molar-refractivity contribution in [3.05, 3.63) is 62.5 Å². The second-order valence-corrected chi connectivity index (χ2v) is 5.58.